The van der Waals surface area contributed by atoms with Crippen LogP contribution in [0.3, 0.4) is 0 Å². The normalized spacial score (nSPS) is 15.7. The van der Waals surface area contributed by atoms with Crippen LogP contribution in [-0.2, 0) is 27.8 Å². The molecule has 1 aliphatic heterocycles. The number of aryl methyl sites for hydroxylation is 1. The van der Waals surface area contributed by atoms with Gasteiger partial charge in [0.05, 0.1) is 22.7 Å². The first kappa shape index (κ1) is 20.9. The van der Waals surface area contributed by atoms with Crippen LogP contribution in [-0.4, -0.2) is 62.4 Å². The van der Waals surface area contributed by atoms with Crippen molar-refractivity contribution in [2.24, 2.45) is 0 Å². The molecule has 8 nitrogen and oxygen atoms in total. The lowest BCUT2D eigenvalue weighted by Gasteiger charge is -2.34. The zero-order valence-corrected chi connectivity index (χ0v) is 17.6. The van der Waals surface area contributed by atoms with E-state index in [1.165, 1.54) is 31.4 Å². The largest absolute Gasteiger partial charge is 0.336 e. The van der Waals surface area contributed by atoms with Crippen molar-refractivity contribution in [3.8, 4) is 0 Å². The molecule has 3 rings (SSSR count). The Hall–Kier alpha value is -1.85. The molecule has 0 spiro atoms. The van der Waals surface area contributed by atoms with Crippen molar-refractivity contribution in [3.63, 3.8) is 0 Å². The van der Waals surface area contributed by atoms with Crippen LogP contribution in [0.15, 0.2) is 34.5 Å². The van der Waals surface area contributed by atoms with E-state index in [9.17, 15) is 13.2 Å². The second-order valence-electron chi connectivity index (χ2n) is 6.47. The van der Waals surface area contributed by atoms with Crippen molar-refractivity contribution in [3.05, 3.63) is 45.9 Å². The SMILES string of the molecule is CCc1nc(CN2CCN(C(=O)c3ccc(S(=O)(=O)NOC)cc3)CC2)cs1. The molecule has 10 heteroatoms. The molecular weight excluding hydrogens is 400 g/mol. The zero-order chi connectivity index (χ0) is 20.1. The highest BCUT2D eigenvalue weighted by atomic mass is 32.2. The summed E-state index contributed by atoms with van der Waals surface area (Å²) in [6.45, 7) is 5.74. The highest BCUT2D eigenvalue weighted by Crippen LogP contribution is 2.16. The molecular formula is C18H24N4O4S2. The van der Waals surface area contributed by atoms with Gasteiger partial charge < -0.3 is 4.90 Å². The Morgan fingerprint density at radius 3 is 2.46 bits per heavy atom. The first-order valence-corrected chi connectivity index (χ1v) is 11.4. The Morgan fingerprint density at radius 1 is 1.21 bits per heavy atom. The maximum absolute atomic E-state index is 12.7. The second kappa shape index (κ2) is 9.10. The third kappa shape index (κ3) is 4.95. The van der Waals surface area contributed by atoms with E-state index in [-0.39, 0.29) is 10.8 Å². The Bertz CT molecular complexity index is 904. The number of carbonyl (C=O) groups excluding carboxylic acids is 1. The molecule has 2 heterocycles. The van der Waals surface area contributed by atoms with Crippen LogP contribution < -0.4 is 4.89 Å². The second-order valence-corrected chi connectivity index (χ2v) is 9.06. The first-order chi connectivity index (χ1) is 13.4. The molecule has 0 atom stereocenters. The number of nitrogens with zero attached hydrogens (tertiary/aromatic N) is 3. The molecule has 1 aliphatic rings. The smallest absolute Gasteiger partial charge is 0.262 e. The van der Waals surface area contributed by atoms with Crippen LogP contribution in [0.4, 0.5) is 0 Å². The van der Waals surface area contributed by atoms with E-state index in [0.29, 0.717) is 18.7 Å². The van der Waals surface area contributed by atoms with Gasteiger partial charge in [-0.3, -0.25) is 14.5 Å². The minimum atomic E-state index is -3.72. The summed E-state index contributed by atoms with van der Waals surface area (Å²) in [6.07, 6.45) is 0.953. The third-order valence-corrected chi connectivity index (χ3v) is 6.87. The predicted molar refractivity (Wildman–Crippen MR) is 106 cm³/mol. The number of amides is 1. The summed E-state index contributed by atoms with van der Waals surface area (Å²) in [5, 5.41) is 3.25. The number of aromatic nitrogens is 1. The average molecular weight is 425 g/mol. The van der Waals surface area contributed by atoms with Gasteiger partial charge in [0.2, 0.25) is 0 Å². The molecule has 1 aromatic carbocycles. The lowest BCUT2D eigenvalue weighted by Crippen LogP contribution is -2.48. The highest BCUT2D eigenvalue weighted by molar-refractivity contribution is 7.89. The summed E-state index contributed by atoms with van der Waals surface area (Å²) in [6, 6.07) is 5.86. The third-order valence-electron chi connectivity index (χ3n) is 4.55. The molecule has 2 aromatic rings. The van der Waals surface area contributed by atoms with Crippen LogP contribution in [0, 0.1) is 0 Å². The Morgan fingerprint density at radius 2 is 1.89 bits per heavy atom. The number of rotatable bonds is 7. The summed E-state index contributed by atoms with van der Waals surface area (Å²) in [4.78, 5) is 27.9. The van der Waals surface area contributed by atoms with Crippen LogP contribution >= 0.6 is 11.3 Å². The van der Waals surface area contributed by atoms with Crippen molar-refractivity contribution in [2.75, 3.05) is 33.3 Å². The maximum atomic E-state index is 12.7. The number of thiazole rings is 1. The topological polar surface area (TPSA) is 91.8 Å². The minimum Gasteiger partial charge on any atom is -0.336 e. The van der Waals surface area contributed by atoms with Gasteiger partial charge in [-0.2, -0.15) is 0 Å². The van der Waals surface area contributed by atoms with E-state index in [0.717, 1.165) is 36.8 Å². The van der Waals surface area contributed by atoms with Crippen molar-refractivity contribution in [1.29, 1.82) is 0 Å². The Labute approximate surface area is 169 Å². The fourth-order valence-electron chi connectivity index (χ4n) is 3.04. The van der Waals surface area contributed by atoms with Crippen LogP contribution in [0.25, 0.3) is 0 Å². The van der Waals surface area contributed by atoms with Gasteiger partial charge in [0.15, 0.2) is 0 Å². The number of carbonyl (C=O) groups is 1. The van der Waals surface area contributed by atoms with Crippen molar-refractivity contribution >= 4 is 27.3 Å². The number of piperazine rings is 1. The molecule has 1 aromatic heterocycles. The van der Waals surface area contributed by atoms with E-state index in [1.54, 1.807) is 16.2 Å². The van der Waals surface area contributed by atoms with Crippen molar-refractivity contribution in [1.82, 2.24) is 19.7 Å². The molecule has 1 amide bonds. The van der Waals surface area contributed by atoms with E-state index < -0.39 is 10.0 Å². The number of hydrogen-bond acceptors (Lipinski definition) is 7. The first-order valence-electron chi connectivity index (χ1n) is 9.02. The summed E-state index contributed by atoms with van der Waals surface area (Å²) >= 11 is 1.69. The fourth-order valence-corrected chi connectivity index (χ4v) is 4.59. The lowest BCUT2D eigenvalue weighted by atomic mass is 10.2. The summed E-state index contributed by atoms with van der Waals surface area (Å²) in [5.74, 6) is -0.0924. The summed E-state index contributed by atoms with van der Waals surface area (Å²) in [5.41, 5.74) is 1.56. The molecule has 0 unspecified atom stereocenters. The molecule has 0 saturated carbocycles. The molecule has 1 fully saturated rings. The Balaban J connectivity index is 1.56. The van der Waals surface area contributed by atoms with E-state index in [2.05, 4.69) is 27.0 Å². The number of hydrogen-bond donors (Lipinski definition) is 1. The van der Waals surface area contributed by atoms with Gasteiger partial charge in [0.25, 0.3) is 15.9 Å². The molecule has 0 bridgehead atoms. The number of nitrogens with one attached hydrogen (secondary N) is 1. The maximum Gasteiger partial charge on any atom is 0.262 e. The van der Waals surface area contributed by atoms with Crippen LogP contribution in [0.5, 0.6) is 0 Å². The van der Waals surface area contributed by atoms with Gasteiger partial charge in [-0.05, 0) is 30.7 Å². The van der Waals surface area contributed by atoms with Crippen molar-refractivity contribution < 1.29 is 18.0 Å². The highest BCUT2D eigenvalue weighted by Gasteiger charge is 2.23. The van der Waals surface area contributed by atoms with Gasteiger partial charge in [0.1, 0.15) is 0 Å². The summed E-state index contributed by atoms with van der Waals surface area (Å²) in [7, 11) is -2.50. The summed E-state index contributed by atoms with van der Waals surface area (Å²) < 4.78 is 23.8. The van der Waals surface area contributed by atoms with Gasteiger partial charge in [-0.1, -0.05) is 11.8 Å². The zero-order valence-electron chi connectivity index (χ0n) is 15.9. The number of benzene rings is 1. The van der Waals surface area contributed by atoms with Gasteiger partial charge in [-0.15, -0.1) is 11.3 Å². The molecule has 152 valence electrons. The molecule has 1 N–H and O–H groups in total. The van der Waals surface area contributed by atoms with Crippen LogP contribution in [0.2, 0.25) is 0 Å². The standard InChI is InChI=1S/C18H24N4O4S2/c1-3-17-19-15(13-27-17)12-21-8-10-22(11-9-21)18(23)14-4-6-16(7-5-14)28(24,25)20-26-2/h4-7,13,20H,3,8-12H2,1-2H3. The predicted octanol–water partition coefficient (Wildman–Crippen LogP) is 1.50. The minimum absolute atomic E-state index is 0.0467. The molecule has 0 aliphatic carbocycles. The average Bonchev–Trinajstić information content (AvgIpc) is 3.16. The van der Waals surface area contributed by atoms with Crippen molar-refractivity contribution in [2.45, 2.75) is 24.8 Å². The van der Waals surface area contributed by atoms with E-state index in [4.69, 9.17) is 0 Å². The lowest BCUT2D eigenvalue weighted by molar-refractivity contribution is 0.0627. The van der Waals surface area contributed by atoms with Gasteiger partial charge >= 0.3 is 0 Å². The van der Waals surface area contributed by atoms with Gasteiger partial charge in [0, 0.05) is 43.7 Å². The Kier molecular flexibility index (Phi) is 6.78. The van der Waals surface area contributed by atoms with Gasteiger partial charge in [-0.25, -0.2) is 13.4 Å². The number of sulfonamides is 1. The molecule has 1 saturated heterocycles. The van der Waals surface area contributed by atoms with E-state index >= 15 is 0 Å². The quantitative estimate of drug-likeness (QED) is 0.678. The van der Waals surface area contributed by atoms with E-state index in [1.807, 2.05) is 4.89 Å². The fraction of sp³-hybridized carbons (Fsp3) is 0.444. The monoisotopic (exact) mass is 424 g/mol. The molecule has 28 heavy (non-hydrogen) atoms. The molecule has 0 radical (unpaired) electrons. The van der Waals surface area contributed by atoms with Crippen LogP contribution in [0.1, 0.15) is 28.0 Å².